The third-order valence-electron chi connectivity index (χ3n) is 3.57. The number of aromatic nitrogens is 3. The lowest BCUT2D eigenvalue weighted by Crippen LogP contribution is -2.13. The van der Waals surface area contributed by atoms with Crippen molar-refractivity contribution in [3.63, 3.8) is 0 Å². The van der Waals surface area contributed by atoms with Crippen molar-refractivity contribution in [3.8, 4) is 11.5 Å². The first-order valence-electron chi connectivity index (χ1n) is 8.30. The summed E-state index contributed by atoms with van der Waals surface area (Å²) < 4.78 is 10.8. The molecule has 1 aromatic carbocycles. The van der Waals surface area contributed by atoms with Crippen LogP contribution in [0, 0.1) is 0 Å². The Labute approximate surface area is 152 Å². The van der Waals surface area contributed by atoms with Gasteiger partial charge in [-0.25, -0.2) is 4.98 Å². The van der Waals surface area contributed by atoms with Gasteiger partial charge in [-0.1, -0.05) is 6.07 Å². The highest BCUT2D eigenvalue weighted by Crippen LogP contribution is 2.16. The molecule has 0 radical (unpaired) electrons. The van der Waals surface area contributed by atoms with Crippen molar-refractivity contribution in [1.82, 2.24) is 15.0 Å². The number of nitrogens with one attached hydrogen (secondary N) is 2. The molecule has 3 rings (SSSR count). The molecule has 0 amide bonds. The minimum Gasteiger partial charge on any atom is -0.497 e. The molecule has 2 heterocycles. The molecule has 2 N–H and O–H groups in total. The summed E-state index contributed by atoms with van der Waals surface area (Å²) in [7, 11) is 1.64. The summed E-state index contributed by atoms with van der Waals surface area (Å²) in [5.41, 5.74) is 1.07. The van der Waals surface area contributed by atoms with Gasteiger partial charge in [0.25, 0.3) is 0 Å². The van der Waals surface area contributed by atoms with Gasteiger partial charge < -0.3 is 20.1 Å². The Morgan fingerprint density at radius 3 is 2.58 bits per heavy atom. The average Bonchev–Trinajstić information content (AvgIpc) is 2.71. The largest absolute Gasteiger partial charge is 0.497 e. The Bertz CT molecular complexity index is 797. The molecule has 0 aliphatic rings. The van der Waals surface area contributed by atoms with E-state index in [0.29, 0.717) is 25.6 Å². The third kappa shape index (κ3) is 5.34. The summed E-state index contributed by atoms with van der Waals surface area (Å²) in [6.45, 7) is 1.78. The highest BCUT2D eigenvalue weighted by atomic mass is 16.5. The summed E-state index contributed by atoms with van der Waals surface area (Å²) in [6.07, 6.45) is 5.27. The van der Waals surface area contributed by atoms with Crippen molar-refractivity contribution in [3.05, 3.63) is 66.6 Å². The van der Waals surface area contributed by atoms with Crippen molar-refractivity contribution < 1.29 is 9.47 Å². The lowest BCUT2D eigenvalue weighted by molar-refractivity contribution is 0.331. The van der Waals surface area contributed by atoms with Crippen LogP contribution in [0.15, 0.2) is 61.1 Å². The summed E-state index contributed by atoms with van der Waals surface area (Å²) in [5, 5.41) is 6.41. The van der Waals surface area contributed by atoms with Gasteiger partial charge in [-0.05, 0) is 42.0 Å². The van der Waals surface area contributed by atoms with Crippen LogP contribution in [0.3, 0.4) is 0 Å². The van der Waals surface area contributed by atoms with E-state index in [1.807, 2.05) is 48.7 Å². The van der Waals surface area contributed by atoms with E-state index in [0.717, 1.165) is 22.9 Å². The van der Waals surface area contributed by atoms with Gasteiger partial charge in [0.2, 0.25) is 5.95 Å². The molecule has 0 fully saturated rings. The zero-order chi connectivity index (χ0) is 18.0. The lowest BCUT2D eigenvalue weighted by atomic mass is 10.3. The normalized spacial score (nSPS) is 10.2. The predicted octanol–water partition coefficient (Wildman–Crippen LogP) is 2.98. The van der Waals surface area contributed by atoms with Crippen molar-refractivity contribution >= 4 is 11.8 Å². The second-order valence-corrected chi connectivity index (χ2v) is 5.43. The topological polar surface area (TPSA) is 81.2 Å². The van der Waals surface area contributed by atoms with Crippen LogP contribution in [0.4, 0.5) is 11.8 Å². The minimum absolute atomic E-state index is 0.523. The Hall–Kier alpha value is -3.35. The van der Waals surface area contributed by atoms with E-state index in [1.54, 1.807) is 19.5 Å². The molecule has 0 saturated heterocycles. The number of hydrogen-bond acceptors (Lipinski definition) is 7. The molecule has 2 aromatic heterocycles. The fourth-order valence-electron chi connectivity index (χ4n) is 2.25. The van der Waals surface area contributed by atoms with Crippen LogP contribution in [0.5, 0.6) is 11.5 Å². The van der Waals surface area contributed by atoms with E-state index in [4.69, 9.17) is 9.47 Å². The van der Waals surface area contributed by atoms with E-state index < -0.39 is 0 Å². The van der Waals surface area contributed by atoms with Crippen LogP contribution in [0.1, 0.15) is 5.56 Å². The van der Waals surface area contributed by atoms with E-state index in [1.165, 1.54) is 0 Å². The van der Waals surface area contributed by atoms with E-state index in [-0.39, 0.29) is 0 Å². The second-order valence-electron chi connectivity index (χ2n) is 5.43. The Balaban J connectivity index is 1.43. The van der Waals surface area contributed by atoms with Crippen molar-refractivity contribution in [1.29, 1.82) is 0 Å². The monoisotopic (exact) mass is 351 g/mol. The van der Waals surface area contributed by atoms with Crippen LogP contribution in [0.25, 0.3) is 0 Å². The molecule has 7 heteroatoms. The van der Waals surface area contributed by atoms with Crippen molar-refractivity contribution in [2.24, 2.45) is 0 Å². The Morgan fingerprint density at radius 1 is 0.962 bits per heavy atom. The fourth-order valence-corrected chi connectivity index (χ4v) is 2.25. The van der Waals surface area contributed by atoms with Gasteiger partial charge in [0.15, 0.2) is 0 Å². The molecule has 0 atom stereocenters. The standard InChI is InChI=1S/C19H21N5O2/c1-25-16-4-6-17(7-5-16)26-12-11-21-18-8-10-22-19(24-18)23-14-15-3-2-9-20-13-15/h2-10,13H,11-12,14H2,1H3,(H2,21,22,23,24). The van der Waals surface area contributed by atoms with Gasteiger partial charge in [0, 0.05) is 25.1 Å². The number of ether oxygens (including phenoxy) is 2. The first kappa shape index (κ1) is 17.5. The van der Waals surface area contributed by atoms with Crippen molar-refractivity contribution in [2.45, 2.75) is 6.54 Å². The molecule has 0 unspecified atom stereocenters. The molecule has 0 bridgehead atoms. The maximum absolute atomic E-state index is 5.68. The fraction of sp³-hybridized carbons (Fsp3) is 0.211. The number of anilines is 2. The molecule has 0 aliphatic carbocycles. The SMILES string of the molecule is COc1ccc(OCCNc2ccnc(NCc3cccnc3)n2)cc1. The second kappa shape index (κ2) is 9.22. The zero-order valence-corrected chi connectivity index (χ0v) is 14.6. The van der Waals surface area contributed by atoms with Crippen LogP contribution in [-0.4, -0.2) is 35.2 Å². The minimum atomic E-state index is 0.523. The van der Waals surface area contributed by atoms with Crippen LogP contribution in [0.2, 0.25) is 0 Å². The zero-order valence-electron chi connectivity index (χ0n) is 14.6. The molecular weight excluding hydrogens is 330 g/mol. The number of hydrogen-bond donors (Lipinski definition) is 2. The number of rotatable bonds is 9. The van der Waals surface area contributed by atoms with Gasteiger partial charge >= 0.3 is 0 Å². The van der Waals surface area contributed by atoms with Crippen molar-refractivity contribution in [2.75, 3.05) is 30.9 Å². The number of pyridine rings is 1. The molecule has 134 valence electrons. The highest BCUT2D eigenvalue weighted by molar-refractivity contribution is 5.40. The van der Waals surface area contributed by atoms with E-state index >= 15 is 0 Å². The maximum Gasteiger partial charge on any atom is 0.224 e. The summed E-state index contributed by atoms with van der Waals surface area (Å²) in [4.78, 5) is 12.7. The molecule has 26 heavy (non-hydrogen) atoms. The smallest absolute Gasteiger partial charge is 0.224 e. The Kier molecular flexibility index (Phi) is 6.19. The Morgan fingerprint density at radius 2 is 1.81 bits per heavy atom. The molecule has 3 aromatic rings. The van der Waals surface area contributed by atoms with Crippen LogP contribution in [-0.2, 0) is 6.54 Å². The van der Waals surface area contributed by atoms with Gasteiger partial charge in [-0.15, -0.1) is 0 Å². The van der Waals surface area contributed by atoms with E-state index in [9.17, 15) is 0 Å². The highest BCUT2D eigenvalue weighted by Gasteiger charge is 2.00. The van der Waals surface area contributed by atoms with Gasteiger partial charge in [-0.2, -0.15) is 4.98 Å². The predicted molar refractivity (Wildman–Crippen MR) is 101 cm³/mol. The maximum atomic E-state index is 5.68. The molecule has 0 spiro atoms. The lowest BCUT2D eigenvalue weighted by Gasteiger charge is -2.10. The number of nitrogens with zero attached hydrogens (tertiary/aromatic N) is 3. The molecule has 7 nitrogen and oxygen atoms in total. The third-order valence-corrected chi connectivity index (χ3v) is 3.57. The van der Waals surface area contributed by atoms with Gasteiger partial charge in [0.05, 0.1) is 13.7 Å². The molecule has 0 saturated carbocycles. The average molecular weight is 351 g/mol. The summed E-state index contributed by atoms with van der Waals surface area (Å²) in [6, 6.07) is 13.2. The first-order valence-corrected chi connectivity index (χ1v) is 8.30. The summed E-state index contributed by atoms with van der Waals surface area (Å²) >= 11 is 0. The molecular formula is C19H21N5O2. The number of benzene rings is 1. The van der Waals surface area contributed by atoms with Gasteiger partial charge in [-0.3, -0.25) is 4.98 Å². The van der Waals surface area contributed by atoms with Gasteiger partial charge in [0.1, 0.15) is 23.9 Å². The quantitative estimate of drug-likeness (QED) is 0.574. The summed E-state index contributed by atoms with van der Waals surface area (Å²) in [5.74, 6) is 2.92. The molecule has 0 aliphatic heterocycles. The van der Waals surface area contributed by atoms with E-state index in [2.05, 4.69) is 25.6 Å². The number of methoxy groups -OCH3 is 1. The van der Waals surface area contributed by atoms with Crippen LogP contribution < -0.4 is 20.1 Å². The van der Waals surface area contributed by atoms with Crippen LogP contribution >= 0.6 is 0 Å². The first-order chi connectivity index (χ1) is 12.8.